The van der Waals surface area contributed by atoms with E-state index in [4.69, 9.17) is 4.42 Å². The monoisotopic (exact) mass is 339 g/mol. The predicted octanol–water partition coefficient (Wildman–Crippen LogP) is 2.16. The quantitative estimate of drug-likeness (QED) is 0.773. The molecule has 0 aliphatic carbocycles. The zero-order chi connectivity index (χ0) is 18.0. The molecule has 25 heavy (non-hydrogen) atoms. The molecule has 3 rings (SSSR count). The lowest BCUT2D eigenvalue weighted by Gasteiger charge is -2.25. The second kappa shape index (κ2) is 6.94. The molecule has 0 aliphatic rings. The molecule has 6 heteroatoms. The SMILES string of the molecule is CN(C)[C@@H](CNC(=O)c1cc(=O)c2ccccc2o1)c1cccn1C. The summed E-state index contributed by atoms with van der Waals surface area (Å²) in [6, 6.07) is 12.1. The van der Waals surface area contributed by atoms with Crippen molar-refractivity contribution >= 4 is 16.9 Å². The highest BCUT2D eigenvalue weighted by Gasteiger charge is 2.19. The van der Waals surface area contributed by atoms with Gasteiger partial charge >= 0.3 is 0 Å². The van der Waals surface area contributed by atoms with Crippen molar-refractivity contribution in [2.75, 3.05) is 20.6 Å². The molecule has 2 aromatic heterocycles. The predicted molar refractivity (Wildman–Crippen MR) is 96.7 cm³/mol. The maximum Gasteiger partial charge on any atom is 0.287 e. The number of para-hydroxylation sites is 1. The number of carbonyl (C=O) groups excluding carboxylic acids is 1. The Kier molecular flexibility index (Phi) is 4.72. The van der Waals surface area contributed by atoms with E-state index in [9.17, 15) is 9.59 Å². The van der Waals surface area contributed by atoms with Gasteiger partial charge in [-0.3, -0.25) is 14.5 Å². The number of rotatable bonds is 5. The third-order valence-corrected chi connectivity index (χ3v) is 4.26. The Morgan fingerprint density at radius 1 is 1.24 bits per heavy atom. The van der Waals surface area contributed by atoms with E-state index in [1.165, 1.54) is 6.07 Å². The molecule has 1 amide bonds. The van der Waals surface area contributed by atoms with Gasteiger partial charge in [0, 0.05) is 31.5 Å². The lowest BCUT2D eigenvalue weighted by Crippen LogP contribution is -2.35. The first kappa shape index (κ1) is 17.0. The third kappa shape index (κ3) is 3.49. The number of benzene rings is 1. The van der Waals surface area contributed by atoms with E-state index < -0.39 is 5.91 Å². The van der Waals surface area contributed by atoms with Gasteiger partial charge in [0.25, 0.3) is 5.91 Å². The molecular formula is C19H21N3O3. The molecular weight excluding hydrogens is 318 g/mol. The number of hydrogen-bond acceptors (Lipinski definition) is 4. The zero-order valence-electron chi connectivity index (χ0n) is 14.5. The summed E-state index contributed by atoms with van der Waals surface area (Å²) in [5, 5.41) is 3.33. The van der Waals surface area contributed by atoms with Crippen LogP contribution in [0.15, 0.2) is 57.9 Å². The molecule has 2 heterocycles. The maximum absolute atomic E-state index is 12.5. The Morgan fingerprint density at radius 2 is 2.00 bits per heavy atom. The zero-order valence-corrected chi connectivity index (χ0v) is 14.5. The number of aryl methyl sites for hydroxylation is 1. The third-order valence-electron chi connectivity index (χ3n) is 4.26. The lowest BCUT2D eigenvalue weighted by atomic mass is 10.2. The number of carbonyl (C=O) groups is 1. The van der Waals surface area contributed by atoms with Crippen molar-refractivity contribution in [2.24, 2.45) is 7.05 Å². The van der Waals surface area contributed by atoms with E-state index in [1.54, 1.807) is 24.3 Å². The Balaban J connectivity index is 1.80. The molecule has 3 aromatic rings. The molecule has 0 fully saturated rings. The average molecular weight is 339 g/mol. The number of nitrogens with one attached hydrogen (secondary N) is 1. The summed E-state index contributed by atoms with van der Waals surface area (Å²) < 4.78 is 7.60. The Labute approximate surface area is 145 Å². The van der Waals surface area contributed by atoms with E-state index in [1.807, 2.05) is 48.9 Å². The summed E-state index contributed by atoms with van der Waals surface area (Å²) in [4.78, 5) is 26.6. The molecule has 6 nitrogen and oxygen atoms in total. The van der Waals surface area contributed by atoms with E-state index in [0.717, 1.165) is 5.69 Å². The van der Waals surface area contributed by atoms with Crippen LogP contribution in [-0.4, -0.2) is 36.0 Å². The van der Waals surface area contributed by atoms with Gasteiger partial charge in [-0.25, -0.2) is 0 Å². The molecule has 1 atom stereocenters. The summed E-state index contributed by atoms with van der Waals surface area (Å²) >= 11 is 0. The smallest absolute Gasteiger partial charge is 0.287 e. The molecule has 0 saturated heterocycles. The van der Waals surface area contributed by atoms with E-state index in [-0.39, 0.29) is 17.2 Å². The van der Waals surface area contributed by atoms with Crippen LogP contribution in [0.2, 0.25) is 0 Å². The van der Waals surface area contributed by atoms with Crippen molar-refractivity contribution in [3.63, 3.8) is 0 Å². The maximum atomic E-state index is 12.5. The van der Waals surface area contributed by atoms with E-state index in [2.05, 4.69) is 5.32 Å². The van der Waals surface area contributed by atoms with Crippen LogP contribution in [0, 0.1) is 0 Å². The highest BCUT2D eigenvalue weighted by Crippen LogP contribution is 2.18. The van der Waals surface area contributed by atoms with Crippen LogP contribution in [0.25, 0.3) is 11.0 Å². The molecule has 0 bridgehead atoms. The van der Waals surface area contributed by atoms with Gasteiger partial charge in [-0.2, -0.15) is 0 Å². The summed E-state index contributed by atoms with van der Waals surface area (Å²) in [6.07, 6.45) is 1.97. The number of aromatic nitrogens is 1. The van der Waals surface area contributed by atoms with Gasteiger partial charge in [0.1, 0.15) is 5.58 Å². The fourth-order valence-corrected chi connectivity index (χ4v) is 2.86. The van der Waals surface area contributed by atoms with Crippen LogP contribution < -0.4 is 10.7 Å². The minimum Gasteiger partial charge on any atom is -0.451 e. The number of nitrogens with zero attached hydrogens (tertiary/aromatic N) is 2. The second-order valence-corrected chi connectivity index (χ2v) is 6.20. The van der Waals surface area contributed by atoms with E-state index in [0.29, 0.717) is 17.5 Å². The first-order chi connectivity index (χ1) is 12.0. The molecule has 0 spiro atoms. The molecule has 0 saturated carbocycles. The summed E-state index contributed by atoms with van der Waals surface area (Å²) in [6.45, 7) is 0.403. The van der Waals surface area contributed by atoms with Crippen LogP contribution in [0.1, 0.15) is 22.3 Å². The molecule has 0 unspecified atom stereocenters. The second-order valence-electron chi connectivity index (χ2n) is 6.20. The van der Waals surface area contributed by atoms with Crippen LogP contribution in [-0.2, 0) is 7.05 Å². The van der Waals surface area contributed by atoms with Crippen LogP contribution in [0.3, 0.4) is 0 Å². The molecule has 1 N–H and O–H groups in total. The lowest BCUT2D eigenvalue weighted by molar-refractivity contribution is 0.0914. The number of fused-ring (bicyclic) bond motifs is 1. The summed E-state index contributed by atoms with van der Waals surface area (Å²) in [7, 11) is 5.88. The van der Waals surface area contributed by atoms with Crippen LogP contribution in [0.5, 0.6) is 0 Å². The summed E-state index contributed by atoms with van der Waals surface area (Å²) in [5.74, 6) is -0.378. The van der Waals surface area contributed by atoms with Gasteiger partial charge in [-0.05, 0) is 38.4 Å². The average Bonchev–Trinajstić information content (AvgIpc) is 3.00. The minimum absolute atomic E-state index is 0.0103. The first-order valence-corrected chi connectivity index (χ1v) is 8.06. The van der Waals surface area contributed by atoms with Crippen LogP contribution in [0.4, 0.5) is 0 Å². The molecule has 130 valence electrons. The van der Waals surface area contributed by atoms with Crippen molar-refractivity contribution in [3.8, 4) is 0 Å². The van der Waals surface area contributed by atoms with E-state index >= 15 is 0 Å². The molecule has 0 aliphatic heterocycles. The highest BCUT2D eigenvalue weighted by molar-refractivity contribution is 5.93. The van der Waals surface area contributed by atoms with Gasteiger partial charge in [0.05, 0.1) is 11.4 Å². The van der Waals surface area contributed by atoms with Crippen molar-refractivity contribution in [3.05, 3.63) is 70.3 Å². The van der Waals surface area contributed by atoms with Crippen LogP contribution >= 0.6 is 0 Å². The van der Waals surface area contributed by atoms with Crippen molar-refractivity contribution in [2.45, 2.75) is 6.04 Å². The van der Waals surface area contributed by atoms with Crippen molar-refractivity contribution in [1.82, 2.24) is 14.8 Å². The largest absolute Gasteiger partial charge is 0.451 e. The minimum atomic E-state index is -0.399. The van der Waals surface area contributed by atoms with Crippen molar-refractivity contribution in [1.29, 1.82) is 0 Å². The summed E-state index contributed by atoms with van der Waals surface area (Å²) in [5.41, 5.74) is 1.27. The van der Waals surface area contributed by atoms with Gasteiger partial charge < -0.3 is 14.3 Å². The number of hydrogen-bond donors (Lipinski definition) is 1. The van der Waals surface area contributed by atoms with Gasteiger partial charge in [0.15, 0.2) is 11.2 Å². The molecule has 1 aromatic carbocycles. The standard InChI is InChI=1S/C19H21N3O3/c1-21(2)15(14-8-6-10-22(14)3)12-20-19(24)18-11-16(23)13-7-4-5-9-17(13)25-18/h4-11,15H,12H2,1-3H3,(H,20,24)/t15-/m0/s1. The first-order valence-electron chi connectivity index (χ1n) is 8.06. The number of likely N-dealkylation sites (N-methyl/N-ethyl adjacent to an activating group) is 1. The normalized spacial score (nSPS) is 12.5. The van der Waals surface area contributed by atoms with Crippen molar-refractivity contribution < 1.29 is 9.21 Å². The molecule has 0 radical (unpaired) electrons. The Morgan fingerprint density at radius 3 is 2.68 bits per heavy atom. The fourth-order valence-electron chi connectivity index (χ4n) is 2.86. The fraction of sp³-hybridized carbons (Fsp3) is 0.263. The topological polar surface area (TPSA) is 67.5 Å². The van der Waals surface area contributed by atoms with Gasteiger partial charge in [-0.15, -0.1) is 0 Å². The Hall–Kier alpha value is -2.86. The highest BCUT2D eigenvalue weighted by atomic mass is 16.3. The van der Waals surface area contributed by atoms with Gasteiger partial charge in [0.2, 0.25) is 0 Å². The Bertz CT molecular complexity index is 956. The number of amides is 1. The van der Waals surface area contributed by atoms with Gasteiger partial charge in [-0.1, -0.05) is 12.1 Å².